The predicted molar refractivity (Wildman–Crippen MR) is 144 cm³/mol. The van der Waals surface area contributed by atoms with Gasteiger partial charge in [0.1, 0.15) is 35.4 Å². The van der Waals surface area contributed by atoms with E-state index in [-0.39, 0.29) is 39.9 Å². The van der Waals surface area contributed by atoms with Crippen molar-refractivity contribution in [2.75, 3.05) is 0 Å². The molecule has 0 spiro atoms. The summed E-state index contributed by atoms with van der Waals surface area (Å²) in [6.07, 6.45) is 0. The first-order valence-electron chi connectivity index (χ1n) is 12.0. The molecule has 2 aromatic carbocycles. The number of carbonyl (C=O) groups excluding carboxylic acids is 3. The van der Waals surface area contributed by atoms with Gasteiger partial charge < -0.3 is 14.6 Å². The first-order chi connectivity index (χ1) is 18.8. The molecule has 2 unspecified atom stereocenters. The van der Waals surface area contributed by atoms with Crippen LogP contribution < -0.4 is 5.32 Å². The van der Waals surface area contributed by atoms with Crippen molar-refractivity contribution in [3.8, 4) is 11.3 Å². The van der Waals surface area contributed by atoms with Gasteiger partial charge in [-0.05, 0) is 44.9 Å². The van der Waals surface area contributed by atoms with E-state index >= 15 is 0 Å². The third kappa shape index (κ3) is 5.64. The largest absolute Gasteiger partial charge is 0.456 e. The topological polar surface area (TPSA) is 156 Å². The molecule has 1 aliphatic heterocycles. The second-order valence-corrected chi connectivity index (χ2v) is 11.3. The van der Waals surface area contributed by atoms with E-state index in [0.29, 0.717) is 16.0 Å². The van der Waals surface area contributed by atoms with Gasteiger partial charge in [0.15, 0.2) is 5.37 Å². The summed E-state index contributed by atoms with van der Waals surface area (Å²) in [5, 5.41) is 4.53. The third-order valence-corrected chi connectivity index (χ3v) is 7.64. The molecule has 0 radical (unpaired) electrons. The Morgan fingerprint density at radius 2 is 1.85 bits per heavy atom. The SMILES string of the molecule is CC(C)=C(C(=O)OCc1cccc(C)c1)N1C(=O)C(NC(=O)c2c(-c3ccccc3Cl)noc2C)C1S(=O)(=O)O. The standard InChI is InChI=1S/C27H26ClN3O8S/c1-14(2)23(27(34)38-13-17-9-7-8-15(3)12-17)31-25(33)22(26(31)40(35,36)37)29-24(32)20-16(4)39-30-21(20)18-10-5-6-11-19(18)28/h5-12,22,26H,13H2,1-4H3,(H,29,32)(H,35,36,37). The number of amides is 2. The Balaban J connectivity index is 1.60. The molecular weight excluding hydrogens is 562 g/mol. The molecule has 13 heteroatoms. The second-order valence-electron chi connectivity index (χ2n) is 9.42. The number of ether oxygens (including phenoxy) is 1. The van der Waals surface area contributed by atoms with Gasteiger partial charge in [-0.2, -0.15) is 8.42 Å². The van der Waals surface area contributed by atoms with Crippen molar-refractivity contribution < 1.29 is 36.6 Å². The van der Waals surface area contributed by atoms with Crippen LogP contribution in [0, 0.1) is 13.8 Å². The number of allylic oxidation sites excluding steroid dienone is 1. The highest BCUT2D eigenvalue weighted by Gasteiger charge is 2.58. The summed E-state index contributed by atoms with van der Waals surface area (Å²) in [4.78, 5) is 40.1. The molecule has 0 bridgehead atoms. The zero-order valence-corrected chi connectivity index (χ0v) is 23.5. The van der Waals surface area contributed by atoms with Crippen LogP contribution in [-0.2, 0) is 31.1 Å². The highest BCUT2D eigenvalue weighted by molar-refractivity contribution is 7.86. The average Bonchev–Trinajstić information content (AvgIpc) is 3.26. The molecule has 0 saturated carbocycles. The molecule has 2 amide bonds. The number of benzene rings is 2. The van der Waals surface area contributed by atoms with Gasteiger partial charge in [0.2, 0.25) is 0 Å². The molecule has 2 heterocycles. The molecule has 210 valence electrons. The molecule has 1 fully saturated rings. The lowest BCUT2D eigenvalue weighted by molar-refractivity contribution is -0.152. The van der Waals surface area contributed by atoms with Crippen LogP contribution in [0.1, 0.15) is 41.1 Å². The van der Waals surface area contributed by atoms with Crippen LogP contribution in [0.3, 0.4) is 0 Å². The Morgan fingerprint density at radius 3 is 2.48 bits per heavy atom. The molecule has 1 aliphatic rings. The molecule has 40 heavy (non-hydrogen) atoms. The molecular formula is C27H26ClN3O8S. The summed E-state index contributed by atoms with van der Waals surface area (Å²) in [7, 11) is -4.99. The Kier molecular flexibility index (Phi) is 8.15. The van der Waals surface area contributed by atoms with Crippen LogP contribution in [0.4, 0.5) is 0 Å². The van der Waals surface area contributed by atoms with Crippen LogP contribution in [-0.4, -0.2) is 52.2 Å². The first-order valence-corrected chi connectivity index (χ1v) is 13.9. The van der Waals surface area contributed by atoms with Gasteiger partial charge in [0, 0.05) is 5.56 Å². The van der Waals surface area contributed by atoms with E-state index in [1.165, 1.54) is 20.8 Å². The zero-order chi connectivity index (χ0) is 29.4. The molecule has 3 aromatic rings. The number of rotatable bonds is 8. The smallest absolute Gasteiger partial charge is 0.355 e. The van der Waals surface area contributed by atoms with E-state index in [1.54, 1.807) is 42.5 Å². The van der Waals surface area contributed by atoms with Crippen molar-refractivity contribution in [1.82, 2.24) is 15.4 Å². The monoisotopic (exact) mass is 587 g/mol. The van der Waals surface area contributed by atoms with Gasteiger partial charge in [0.25, 0.3) is 21.9 Å². The predicted octanol–water partition coefficient (Wildman–Crippen LogP) is 3.80. The van der Waals surface area contributed by atoms with Crippen molar-refractivity contribution >= 4 is 39.5 Å². The third-order valence-electron chi connectivity index (χ3n) is 6.21. The van der Waals surface area contributed by atoms with Crippen molar-refractivity contribution in [2.24, 2.45) is 0 Å². The summed E-state index contributed by atoms with van der Waals surface area (Å²) in [5.41, 5.74) is 1.92. The molecule has 0 aliphatic carbocycles. The number of aromatic nitrogens is 1. The molecule has 1 aromatic heterocycles. The molecule has 2 atom stereocenters. The second kappa shape index (κ2) is 11.2. The van der Waals surface area contributed by atoms with Gasteiger partial charge in [-0.25, -0.2) is 4.79 Å². The number of likely N-dealkylation sites (tertiary alicyclic amines) is 1. The highest BCUT2D eigenvalue weighted by Crippen LogP contribution is 2.34. The normalized spacial score (nSPS) is 16.8. The van der Waals surface area contributed by atoms with Crippen LogP contribution in [0.5, 0.6) is 0 Å². The van der Waals surface area contributed by atoms with E-state index in [4.69, 9.17) is 20.9 Å². The number of carbonyl (C=O) groups is 3. The van der Waals surface area contributed by atoms with E-state index in [0.717, 1.165) is 5.56 Å². The van der Waals surface area contributed by atoms with Crippen LogP contribution in [0.15, 0.2) is 64.3 Å². The molecule has 1 saturated heterocycles. The lowest BCUT2D eigenvalue weighted by Crippen LogP contribution is -2.73. The molecule has 2 N–H and O–H groups in total. The fourth-order valence-corrected chi connectivity index (χ4v) is 5.62. The van der Waals surface area contributed by atoms with E-state index < -0.39 is 39.3 Å². The van der Waals surface area contributed by atoms with Gasteiger partial charge in [-0.3, -0.25) is 19.0 Å². The number of esters is 1. The maximum atomic E-state index is 13.3. The van der Waals surface area contributed by atoms with Crippen molar-refractivity contribution in [3.05, 3.63) is 87.3 Å². The minimum atomic E-state index is -4.99. The van der Waals surface area contributed by atoms with Crippen LogP contribution in [0.2, 0.25) is 5.02 Å². The minimum Gasteiger partial charge on any atom is -0.456 e. The fourth-order valence-electron chi connectivity index (χ4n) is 4.39. The number of nitrogens with zero attached hydrogens (tertiary/aromatic N) is 2. The first kappa shape index (κ1) is 29.0. The number of hydrogen-bond donors (Lipinski definition) is 2. The van der Waals surface area contributed by atoms with Crippen molar-refractivity contribution in [3.63, 3.8) is 0 Å². The summed E-state index contributed by atoms with van der Waals surface area (Å²) in [6.45, 7) is 6.17. The van der Waals surface area contributed by atoms with Crippen LogP contribution in [0.25, 0.3) is 11.3 Å². The van der Waals surface area contributed by atoms with Crippen molar-refractivity contribution in [1.29, 1.82) is 0 Å². The molecule has 11 nitrogen and oxygen atoms in total. The molecule has 4 rings (SSSR count). The number of aryl methyl sites for hydroxylation is 2. The lowest BCUT2D eigenvalue weighted by Gasteiger charge is -2.45. The van der Waals surface area contributed by atoms with Gasteiger partial charge in [-0.15, -0.1) is 0 Å². The highest BCUT2D eigenvalue weighted by atomic mass is 35.5. The lowest BCUT2D eigenvalue weighted by atomic mass is 10.0. The quantitative estimate of drug-likeness (QED) is 0.173. The Labute approximate surface area is 235 Å². The number of hydrogen-bond acceptors (Lipinski definition) is 8. The van der Waals surface area contributed by atoms with Gasteiger partial charge in [0.05, 0.1) is 5.02 Å². The summed E-state index contributed by atoms with van der Waals surface area (Å²) >= 11 is 6.25. The van der Waals surface area contributed by atoms with Crippen LogP contribution >= 0.6 is 11.6 Å². The van der Waals surface area contributed by atoms with E-state index in [2.05, 4.69) is 10.5 Å². The summed E-state index contributed by atoms with van der Waals surface area (Å²) in [5.74, 6) is -2.71. The maximum absolute atomic E-state index is 13.3. The average molecular weight is 588 g/mol. The zero-order valence-electron chi connectivity index (χ0n) is 22.0. The fraction of sp³-hybridized carbons (Fsp3) is 0.259. The van der Waals surface area contributed by atoms with E-state index in [1.807, 2.05) is 13.0 Å². The number of β-lactam (4-membered cyclic amide) rings is 1. The summed E-state index contributed by atoms with van der Waals surface area (Å²) < 4.78 is 45.3. The number of nitrogens with one attached hydrogen (secondary N) is 1. The number of halogens is 1. The van der Waals surface area contributed by atoms with Gasteiger partial charge >= 0.3 is 5.97 Å². The Hall–Kier alpha value is -4.00. The van der Waals surface area contributed by atoms with Crippen molar-refractivity contribution in [2.45, 2.75) is 45.7 Å². The Bertz CT molecular complexity index is 1640. The van der Waals surface area contributed by atoms with Gasteiger partial charge in [-0.1, -0.05) is 64.8 Å². The maximum Gasteiger partial charge on any atom is 0.355 e. The summed E-state index contributed by atoms with van der Waals surface area (Å²) in [6, 6.07) is 12.0. The minimum absolute atomic E-state index is 0.0755. The Morgan fingerprint density at radius 1 is 1.15 bits per heavy atom. The van der Waals surface area contributed by atoms with E-state index in [9.17, 15) is 27.4 Å².